The van der Waals surface area contributed by atoms with Gasteiger partial charge in [0.2, 0.25) is 0 Å². The van der Waals surface area contributed by atoms with Crippen molar-refractivity contribution >= 4 is 46.8 Å². The molecule has 0 fully saturated rings. The molecule has 7 nitrogen and oxygen atoms in total. The predicted molar refractivity (Wildman–Crippen MR) is 164 cm³/mol. The summed E-state index contributed by atoms with van der Waals surface area (Å²) >= 11 is 13.9. The van der Waals surface area contributed by atoms with Crippen molar-refractivity contribution in [2.75, 3.05) is 13.7 Å². The summed E-state index contributed by atoms with van der Waals surface area (Å²) in [6, 6.07) is 14.0. The SMILES string of the molecule is COc1cc(C(C)(C)c2cnc(SCc3c(F)cc(C(=O)NCCCC(=O)O)cc3Cl)n2-c2ccc(F)cc2)ccc1Cl. The number of rotatable bonds is 12. The van der Waals surface area contributed by atoms with Crippen LogP contribution in [0.1, 0.15) is 53.9 Å². The molecule has 3 aromatic carbocycles. The third-order valence-corrected chi connectivity index (χ3v) is 8.56. The number of ether oxygens (including phenoxy) is 1. The van der Waals surface area contributed by atoms with Gasteiger partial charge in [0.1, 0.15) is 17.4 Å². The van der Waals surface area contributed by atoms with Gasteiger partial charge in [0, 0.05) is 46.0 Å². The van der Waals surface area contributed by atoms with Crippen molar-refractivity contribution in [2.24, 2.45) is 0 Å². The first-order valence-corrected chi connectivity index (χ1v) is 15.0. The van der Waals surface area contributed by atoms with Gasteiger partial charge < -0.3 is 15.2 Å². The number of hydrogen-bond acceptors (Lipinski definition) is 5. The number of amides is 1. The van der Waals surface area contributed by atoms with Crippen molar-refractivity contribution in [1.29, 1.82) is 0 Å². The monoisotopic (exact) mass is 647 g/mol. The summed E-state index contributed by atoms with van der Waals surface area (Å²) in [5.74, 6) is -1.95. The van der Waals surface area contributed by atoms with E-state index in [9.17, 15) is 14.0 Å². The predicted octanol–water partition coefficient (Wildman–Crippen LogP) is 7.68. The smallest absolute Gasteiger partial charge is 0.303 e. The van der Waals surface area contributed by atoms with Gasteiger partial charge in [0.05, 0.1) is 24.0 Å². The van der Waals surface area contributed by atoms with Crippen LogP contribution in [0.2, 0.25) is 10.0 Å². The van der Waals surface area contributed by atoms with Crippen molar-refractivity contribution in [3.8, 4) is 11.4 Å². The molecule has 0 aliphatic rings. The first-order chi connectivity index (χ1) is 20.4. The largest absolute Gasteiger partial charge is 0.495 e. The molecule has 0 radical (unpaired) electrons. The molecule has 1 heterocycles. The van der Waals surface area contributed by atoms with Crippen LogP contribution in [0.5, 0.6) is 5.75 Å². The molecule has 226 valence electrons. The van der Waals surface area contributed by atoms with Crippen LogP contribution in [0.4, 0.5) is 8.78 Å². The Balaban J connectivity index is 1.63. The molecule has 0 saturated heterocycles. The number of aromatic nitrogens is 2. The van der Waals surface area contributed by atoms with Gasteiger partial charge in [-0.2, -0.15) is 0 Å². The van der Waals surface area contributed by atoms with Crippen molar-refractivity contribution < 1.29 is 28.2 Å². The highest BCUT2D eigenvalue weighted by Gasteiger charge is 2.30. The number of benzene rings is 3. The van der Waals surface area contributed by atoms with Crippen LogP contribution in [0.15, 0.2) is 66.0 Å². The van der Waals surface area contributed by atoms with Gasteiger partial charge in [-0.1, -0.05) is 54.9 Å². The number of carbonyl (C=O) groups is 2. The summed E-state index contributed by atoms with van der Waals surface area (Å²) in [6.45, 7) is 4.17. The van der Waals surface area contributed by atoms with Gasteiger partial charge >= 0.3 is 5.97 Å². The number of carboxylic acid groups (broad SMARTS) is 1. The van der Waals surface area contributed by atoms with Gasteiger partial charge in [-0.05, 0) is 60.5 Å². The molecule has 4 aromatic rings. The number of hydrogen-bond donors (Lipinski definition) is 2. The number of aliphatic carboxylic acids is 1. The van der Waals surface area contributed by atoms with Crippen molar-refractivity contribution in [3.63, 3.8) is 0 Å². The van der Waals surface area contributed by atoms with E-state index in [1.54, 1.807) is 31.5 Å². The first kappa shape index (κ1) is 32.3. The maximum atomic E-state index is 15.2. The molecule has 0 bridgehead atoms. The van der Waals surface area contributed by atoms with E-state index in [1.807, 2.05) is 30.5 Å². The summed E-state index contributed by atoms with van der Waals surface area (Å²) in [5, 5.41) is 12.4. The normalized spacial score (nSPS) is 11.4. The Kier molecular flexibility index (Phi) is 10.4. The zero-order valence-electron chi connectivity index (χ0n) is 23.6. The fraction of sp³-hybridized carbons (Fsp3) is 0.258. The lowest BCUT2D eigenvalue weighted by atomic mass is 9.81. The van der Waals surface area contributed by atoms with Crippen molar-refractivity contribution in [3.05, 3.63) is 105 Å². The Morgan fingerprint density at radius 3 is 2.44 bits per heavy atom. The van der Waals surface area contributed by atoms with Crippen molar-refractivity contribution in [2.45, 2.75) is 43.0 Å². The number of methoxy groups -OCH3 is 1. The number of halogens is 4. The fourth-order valence-corrected chi connectivity index (χ4v) is 6.04. The molecule has 12 heteroatoms. The van der Waals surface area contributed by atoms with Crippen LogP contribution in [0.25, 0.3) is 5.69 Å². The van der Waals surface area contributed by atoms with Gasteiger partial charge in [-0.25, -0.2) is 13.8 Å². The van der Waals surface area contributed by atoms with E-state index in [-0.39, 0.29) is 47.1 Å². The molecule has 2 N–H and O–H groups in total. The number of carboxylic acids is 1. The van der Waals surface area contributed by atoms with Crippen LogP contribution in [0.3, 0.4) is 0 Å². The summed E-state index contributed by atoms with van der Waals surface area (Å²) in [4.78, 5) is 27.7. The first-order valence-electron chi connectivity index (χ1n) is 13.2. The average Bonchev–Trinajstić information content (AvgIpc) is 3.40. The highest BCUT2D eigenvalue weighted by molar-refractivity contribution is 7.98. The molecular weight excluding hydrogens is 619 g/mol. The van der Waals surface area contributed by atoms with Crippen LogP contribution in [0, 0.1) is 11.6 Å². The minimum absolute atomic E-state index is 0.0295. The number of nitrogens with zero attached hydrogens (tertiary/aromatic N) is 2. The third kappa shape index (κ3) is 7.49. The van der Waals surface area contributed by atoms with Crippen LogP contribution in [-0.4, -0.2) is 40.2 Å². The van der Waals surface area contributed by atoms with Gasteiger partial charge in [-0.15, -0.1) is 0 Å². The van der Waals surface area contributed by atoms with Gasteiger partial charge in [-0.3, -0.25) is 14.2 Å². The lowest BCUT2D eigenvalue weighted by Gasteiger charge is -2.28. The molecule has 43 heavy (non-hydrogen) atoms. The Bertz CT molecular complexity index is 1620. The Labute approximate surface area is 262 Å². The van der Waals surface area contributed by atoms with Gasteiger partial charge in [0.15, 0.2) is 5.16 Å². The second-order valence-electron chi connectivity index (χ2n) is 10.2. The minimum Gasteiger partial charge on any atom is -0.495 e. The number of carbonyl (C=O) groups excluding carboxylic acids is 1. The van der Waals surface area contributed by atoms with Crippen LogP contribution in [-0.2, 0) is 16.0 Å². The zero-order chi connectivity index (χ0) is 31.3. The number of thioether (sulfide) groups is 1. The number of imidazole rings is 1. The quantitative estimate of drug-likeness (QED) is 0.121. The summed E-state index contributed by atoms with van der Waals surface area (Å²) < 4.78 is 36.4. The average molecular weight is 649 g/mol. The van der Waals surface area contributed by atoms with E-state index in [0.29, 0.717) is 21.6 Å². The van der Waals surface area contributed by atoms with E-state index in [0.717, 1.165) is 17.3 Å². The van der Waals surface area contributed by atoms with Crippen molar-refractivity contribution in [1.82, 2.24) is 14.9 Å². The van der Waals surface area contributed by atoms with Gasteiger partial charge in [0.25, 0.3) is 5.91 Å². The summed E-state index contributed by atoms with van der Waals surface area (Å²) in [7, 11) is 1.54. The minimum atomic E-state index is -0.967. The molecule has 0 unspecified atom stereocenters. The Morgan fingerprint density at radius 2 is 1.79 bits per heavy atom. The molecule has 0 aliphatic heterocycles. The molecule has 0 atom stereocenters. The van der Waals surface area contributed by atoms with E-state index in [1.165, 1.54) is 30.0 Å². The second kappa shape index (κ2) is 13.8. The molecule has 1 amide bonds. The standard InChI is InChI=1S/C31H29Cl2F2N3O4S/c1-31(2,19-6-11-23(32)26(15-19)42-3)27-16-37-30(38(27)21-9-7-20(34)8-10-21)43-17-22-24(33)13-18(14-25(22)35)29(41)36-12-4-5-28(39)40/h6-11,13-16H,4-5,12,17H2,1-3H3,(H,36,41)(H,39,40). The highest BCUT2D eigenvalue weighted by atomic mass is 35.5. The summed E-state index contributed by atoms with van der Waals surface area (Å²) in [5.41, 5.74) is 1.95. The molecule has 4 rings (SSSR count). The highest BCUT2D eigenvalue weighted by Crippen LogP contribution is 2.39. The third-order valence-electron chi connectivity index (χ3n) is 6.93. The van der Waals surface area contributed by atoms with E-state index in [2.05, 4.69) is 10.3 Å². The molecule has 0 saturated carbocycles. The fourth-order valence-electron chi connectivity index (χ4n) is 4.47. The summed E-state index contributed by atoms with van der Waals surface area (Å²) in [6.07, 6.45) is 1.88. The van der Waals surface area contributed by atoms with E-state index >= 15 is 4.39 Å². The molecular formula is C31H29Cl2F2N3O4S. The molecule has 0 spiro atoms. The van der Waals surface area contributed by atoms with Crippen LogP contribution >= 0.6 is 35.0 Å². The van der Waals surface area contributed by atoms with Crippen LogP contribution < -0.4 is 10.1 Å². The number of nitrogens with one attached hydrogen (secondary N) is 1. The molecule has 0 aliphatic carbocycles. The Morgan fingerprint density at radius 1 is 1.07 bits per heavy atom. The second-order valence-corrected chi connectivity index (χ2v) is 11.9. The maximum Gasteiger partial charge on any atom is 0.303 e. The lowest BCUT2D eigenvalue weighted by Crippen LogP contribution is -2.25. The van der Waals surface area contributed by atoms with E-state index in [4.69, 9.17) is 33.0 Å². The zero-order valence-corrected chi connectivity index (χ0v) is 25.9. The topological polar surface area (TPSA) is 93.4 Å². The maximum absolute atomic E-state index is 15.2. The molecule has 1 aromatic heterocycles. The van der Waals surface area contributed by atoms with E-state index < -0.39 is 23.1 Å². The lowest BCUT2D eigenvalue weighted by molar-refractivity contribution is -0.137. The Hall–Kier alpha value is -3.60.